The molecule has 1 heterocycles. The van der Waals surface area contributed by atoms with Gasteiger partial charge in [-0.3, -0.25) is 9.59 Å². The Balaban J connectivity index is 1.71. The third-order valence-electron chi connectivity index (χ3n) is 4.00. The van der Waals surface area contributed by atoms with Gasteiger partial charge in [0, 0.05) is 29.4 Å². The van der Waals surface area contributed by atoms with Gasteiger partial charge in [-0.05, 0) is 31.5 Å². The van der Waals surface area contributed by atoms with Crippen LogP contribution < -0.4 is 10.6 Å². The van der Waals surface area contributed by atoms with Gasteiger partial charge < -0.3 is 15.2 Å². The molecule has 0 aliphatic rings. The minimum absolute atomic E-state index is 0.103. The summed E-state index contributed by atoms with van der Waals surface area (Å²) >= 11 is 0. The van der Waals surface area contributed by atoms with E-state index in [2.05, 4.69) is 15.8 Å². The fraction of sp³-hybridized carbons (Fsp3) is 0.190. The van der Waals surface area contributed by atoms with E-state index in [-0.39, 0.29) is 11.7 Å². The second-order valence-corrected chi connectivity index (χ2v) is 6.23. The van der Waals surface area contributed by atoms with Crippen molar-refractivity contribution in [3.8, 4) is 11.3 Å². The minimum Gasteiger partial charge on any atom is -0.352 e. The Kier molecular flexibility index (Phi) is 5.66. The van der Waals surface area contributed by atoms with Crippen LogP contribution >= 0.6 is 0 Å². The zero-order valence-electron chi connectivity index (χ0n) is 15.3. The first kappa shape index (κ1) is 18.4. The number of hydrogen-bond donors (Lipinski definition) is 2. The number of anilines is 1. The lowest BCUT2D eigenvalue weighted by atomic mass is 10.1. The molecule has 3 aromatic rings. The average Bonchev–Trinajstić information content (AvgIpc) is 3.17. The number of amides is 2. The van der Waals surface area contributed by atoms with Gasteiger partial charge in [0.2, 0.25) is 5.76 Å². The molecule has 0 aliphatic carbocycles. The van der Waals surface area contributed by atoms with Gasteiger partial charge >= 0.3 is 0 Å². The van der Waals surface area contributed by atoms with Crippen LogP contribution in [0.25, 0.3) is 11.3 Å². The van der Waals surface area contributed by atoms with Crippen molar-refractivity contribution >= 4 is 17.5 Å². The number of aromatic nitrogens is 1. The largest absolute Gasteiger partial charge is 0.352 e. The third-order valence-corrected chi connectivity index (χ3v) is 4.00. The second-order valence-electron chi connectivity index (χ2n) is 6.23. The molecule has 27 heavy (non-hydrogen) atoms. The Morgan fingerprint density at radius 1 is 1.04 bits per heavy atom. The van der Waals surface area contributed by atoms with Gasteiger partial charge in [0.15, 0.2) is 0 Å². The fourth-order valence-corrected chi connectivity index (χ4v) is 2.51. The summed E-state index contributed by atoms with van der Waals surface area (Å²) < 4.78 is 5.17. The molecule has 0 unspecified atom stereocenters. The molecule has 6 nitrogen and oxygen atoms in total. The summed E-state index contributed by atoms with van der Waals surface area (Å²) in [5.41, 5.74) is 3.60. The molecule has 6 heteroatoms. The van der Waals surface area contributed by atoms with Gasteiger partial charge in [-0.25, -0.2) is 0 Å². The smallest absolute Gasteiger partial charge is 0.294 e. The molecule has 2 amide bonds. The van der Waals surface area contributed by atoms with Crippen molar-refractivity contribution < 1.29 is 14.1 Å². The number of nitrogens with one attached hydrogen (secondary N) is 2. The molecule has 1 aromatic heterocycles. The van der Waals surface area contributed by atoms with E-state index in [9.17, 15) is 9.59 Å². The zero-order valence-corrected chi connectivity index (χ0v) is 15.3. The van der Waals surface area contributed by atoms with Crippen molar-refractivity contribution in [2.45, 2.75) is 20.3 Å². The standard InChI is InChI=1S/C21H21N3O3/c1-3-11-22-20(25)16-5-4-6-17(12-16)23-21(26)19-13-18(24-27-19)15-9-7-14(2)8-10-15/h4-10,12-13H,3,11H2,1-2H3,(H,22,25)(H,23,26). The van der Waals surface area contributed by atoms with Gasteiger partial charge in [-0.2, -0.15) is 0 Å². The highest BCUT2D eigenvalue weighted by Gasteiger charge is 2.15. The van der Waals surface area contributed by atoms with E-state index < -0.39 is 5.91 Å². The van der Waals surface area contributed by atoms with Crippen LogP contribution in [0.3, 0.4) is 0 Å². The third kappa shape index (κ3) is 4.61. The lowest BCUT2D eigenvalue weighted by molar-refractivity contribution is 0.0951. The number of hydrogen-bond acceptors (Lipinski definition) is 4. The van der Waals surface area contributed by atoms with E-state index in [1.165, 1.54) is 0 Å². The summed E-state index contributed by atoms with van der Waals surface area (Å²) in [6.45, 7) is 4.59. The molecule has 0 saturated carbocycles. The van der Waals surface area contributed by atoms with E-state index in [0.717, 1.165) is 17.5 Å². The van der Waals surface area contributed by atoms with Crippen molar-refractivity contribution in [3.63, 3.8) is 0 Å². The van der Waals surface area contributed by atoms with Crippen LogP contribution in [0.15, 0.2) is 59.1 Å². The van der Waals surface area contributed by atoms with E-state index in [0.29, 0.717) is 23.5 Å². The quantitative estimate of drug-likeness (QED) is 0.692. The second kappa shape index (κ2) is 8.31. The first-order chi connectivity index (χ1) is 13.1. The highest BCUT2D eigenvalue weighted by Crippen LogP contribution is 2.20. The minimum atomic E-state index is -0.424. The summed E-state index contributed by atoms with van der Waals surface area (Å²) in [5.74, 6) is -0.493. The fourth-order valence-electron chi connectivity index (χ4n) is 2.51. The van der Waals surface area contributed by atoms with Crippen LogP contribution in [0, 0.1) is 6.92 Å². The molecule has 0 radical (unpaired) electrons. The molecule has 0 spiro atoms. The van der Waals surface area contributed by atoms with Crippen LogP contribution in [-0.4, -0.2) is 23.5 Å². The van der Waals surface area contributed by atoms with E-state index in [1.807, 2.05) is 38.1 Å². The molecular weight excluding hydrogens is 342 g/mol. The molecule has 0 bridgehead atoms. The van der Waals surface area contributed by atoms with Crippen molar-refractivity contribution in [3.05, 3.63) is 71.5 Å². The maximum Gasteiger partial charge on any atom is 0.294 e. The molecular formula is C21H21N3O3. The Morgan fingerprint density at radius 2 is 1.81 bits per heavy atom. The number of rotatable bonds is 6. The van der Waals surface area contributed by atoms with Crippen LogP contribution in [-0.2, 0) is 0 Å². The van der Waals surface area contributed by atoms with Gasteiger partial charge in [0.05, 0.1) is 0 Å². The van der Waals surface area contributed by atoms with Crippen molar-refractivity contribution in [1.29, 1.82) is 0 Å². The molecule has 0 fully saturated rings. The highest BCUT2D eigenvalue weighted by atomic mass is 16.5. The lowest BCUT2D eigenvalue weighted by Gasteiger charge is -2.06. The summed E-state index contributed by atoms with van der Waals surface area (Å²) in [6, 6.07) is 16.1. The van der Waals surface area contributed by atoms with Crippen LogP contribution in [0.2, 0.25) is 0 Å². The number of carbonyl (C=O) groups excluding carboxylic acids is 2. The predicted octanol–water partition coefficient (Wildman–Crippen LogP) is 4.04. The Labute approximate surface area is 157 Å². The molecule has 2 N–H and O–H groups in total. The number of benzene rings is 2. The topological polar surface area (TPSA) is 84.2 Å². The van der Waals surface area contributed by atoms with Crippen molar-refractivity contribution in [2.24, 2.45) is 0 Å². The van der Waals surface area contributed by atoms with E-state index >= 15 is 0 Å². The van der Waals surface area contributed by atoms with E-state index in [1.54, 1.807) is 30.3 Å². The van der Waals surface area contributed by atoms with Crippen LogP contribution in [0.1, 0.15) is 39.8 Å². The number of aryl methyl sites for hydroxylation is 1. The summed E-state index contributed by atoms with van der Waals surface area (Å²) in [4.78, 5) is 24.5. The summed E-state index contributed by atoms with van der Waals surface area (Å²) in [5, 5.41) is 9.50. The van der Waals surface area contributed by atoms with Gasteiger partial charge in [0.25, 0.3) is 11.8 Å². The van der Waals surface area contributed by atoms with Crippen LogP contribution in [0.4, 0.5) is 5.69 Å². The summed E-state index contributed by atoms with van der Waals surface area (Å²) in [6.07, 6.45) is 0.858. The Bertz CT molecular complexity index is 945. The maximum absolute atomic E-state index is 12.4. The Hall–Kier alpha value is -3.41. The molecule has 2 aromatic carbocycles. The SMILES string of the molecule is CCCNC(=O)c1cccc(NC(=O)c2cc(-c3ccc(C)cc3)no2)c1. The number of nitrogens with zero attached hydrogens (tertiary/aromatic N) is 1. The first-order valence-electron chi connectivity index (χ1n) is 8.80. The number of carbonyl (C=O) groups is 2. The molecule has 138 valence electrons. The zero-order chi connectivity index (χ0) is 19.2. The summed E-state index contributed by atoms with van der Waals surface area (Å²) in [7, 11) is 0. The van der Waals surface area contributed by atoms with Crippen molar-refractivity contribution in [1.82, 2.24) is 10.5 Å². The van der Waals surface area contributed by atoms with Crippen LogP contribution in [0.5, 0.6) is 0 Å². The first-order valence-corrected chi connectivity index (χ1v) is 8.80. The molecule has 0 aliphatic heterocycles. The predicted molar refractivity (Wildman–Crippen MR) is 104 cm³/mol. The van der Waals surface area contributed by atoms with E-state index in [4.69, 9.17) is 4.52 Å². The molecule has 0 atom stereocenters. The average molecular weight is 363 g/mol. The molecule has 3 rings (SSSR count). The maximum atomic E-state index is 12.4. The highest BCUT2D eigenvalue weighted by molar-refractivity contribution is 6.03. The lowest BCUT2D eigenvalue weighted by Crippen LogP contribution is -2.24. The normalized spacial score (nSPS) is 10.4. The van der Waals surface area contributed by atoms with Gasteiger partial charge in [-0.15, -0.1) is 0 Å². The molecule has 0 saturated heterocycles. The van der Waals surface area contributed by atoms with Crippen molar-refractivity contribution in [2.75, 3.05) is 11.9 Å². The van der Waals surface area contributed by atoms with Gasteiger partial charge in [0.1, 0.15) is 5.69 Å². The monoisotopic (exact) mass is 363 g/mol. The van der Waals surface area contributed by atoms with Gasteiger partial charge in [-0.1, -0.05) is 48.0 Å². The Morgan fingerprint density at radius 3 is 2.56 bits per heavy atom.